The van der Waals surface area contributed by atoms with Gasteiger partial charge in [0.25, 0.3) is 0 Å². The Bertz CT molecular complexity index is 550. The van der Waals surface area contributed by atoms with E-state index in [4.69, 9.17) is 5.73 Å². The lowest BCUT2D eigenvalue weighted by atomic mass is 10.1. The molecule has 0 fully saturated rings. The summed E-state index contributed by atoms with van der Waals surface area (Å²) in [6.07, 6.45) is 0.863. The van der Waals surface area contributed by atoms with E-state index in [1.54, 1.807) is 0 Å². The van der Waals surface area contributed by atoms with Crippen molar-refractivity contribution < 1.29 is 5.11 Å². The van der Waals surface area contributed by atoms with Crippen LogP contribution in [0.4, 0.5) is 11.4 Å². The molecule has 0 aliphatic heterocycles. The van der Waals surface area contributed by atoms with Crippen molar-refractivity contribution in [1.82, 2.24) is 4.98 Å². The Morgan fingerprint density at radius 2 is 2.17 bits per heavy atom. The number of aryl methyl sites for hydroxylation is 1. The predicted molar refractivity (Wildman–Crippen MR) is 75.7 cm³/mol. The molecule has 1 aromatic carbocycles. The van der Waals surface area contributed by atoms with Crippen molar-refractivity contribution in [3.05, 3.63) is 30.0 Å². The summed E-state index contributed by atoms with van der Waals surface area (Å²) in [4.78, 5) is 4.48. The summed E-state index contributed by atoms with van der Waals surface area (Å²) < 4.78 is 0. The molecule has 4 heteroatoms. The molecule has 0 radical (unpaired) electrons. The monoisotopic (exact) mass is 245 g/mol. The molecule has 0 amide bonds. The van der Waals surface area contributed by atoms with Crippen LogP contribution in [0.5, 0.6) is 0 Å². The minimum absolute atomic E-state index is 0.0523. The zero-order chi connectivity index (χ0) is 13.1. The number of nitrogens with one attached hydrogen (secondary N) is 1. The lowest BCUT2D eigenvalue weighted by molar-refractivity contribution is 0.272. The number of nitrogens with two attached hydrogens (primary N) is 1. The quantitative estimate of drug-likeness (QED) is 0.723. The minimum atomic E-state index is 0.0523. The van der Waals surface area contributed by atoms with Gasteiger partial charge in [0.05, 0.1) is 12.1 Å². The van der Waals surface area contributed by atoms with Crippen LogP contribution in [0, 0.1) is 6.92 Å². The standard InChI is InChI=1S/C14H19N3O/c1-3-11(8-18)17-14-6-9(2)16-13-5-4-10(15)7-12(13)14/h4-7,11,18H,3,8,15H2,1-2H3,(H,16,17). The van der Waals surface area contributed by atoms with Crippen LogP contribution in [-0.4, -0.2) is 22.7 Å². The highest BCUT2D eigenvalue weighted by Crippen LogP contribution is 2.26. The van der Waals surface area contributed by atoms with Gasteiger partial charge in [0.15, 0.2) is 0 Å². The number of nitrogens with zero attached hydrogens (tertiary/aromatic N) is 1. The van der Waals surface area contributed by atoms with Gasteiger partial charge in [-0.25, -0.2) is 0 Å². The fraction of sp³-hybridized carbons (Fsp3) is 0.357. The Morgan fingerprint density at radius 1 is 1.39 bits per heavy atom. The molecule has 0 aliphatic rings. The van der Waals surface area contributed by atoms with Gasteiger partial charge in [0.2, 0.25) is 0 Å². The van der Waals surface area contributed by atoms with Gasteiger partial charge in [-0.05, 0) is 37.6 Å². The third-order valence-corrected chi connectivity index (χ3v) is 3.03. The Kier molecular flexibility index (Phi) is 3.67. The molecule has 2 rings (SSSR count). The molecule has 0 aliphatic carbocycles. The van der Waals surface area contributed by atoms with Crippen LogP contribution in [0.2, 0.25) is 0 Å². The third-order valence-electron chi connectivity index (χ3n) is 3.03. The molecule has 2 aromatic rings. The molecular formula is C14H19N3O. The molecule has 1 atom stereocenters. The Hall–Kier alpha value is -1.81. The summed E-state index contributed by atoms with van der Waals surface area (Å²) in [5.41, 5.74) is 9.38. The van der Waals surface area contributed by atoms with Crippen LogP contribution < -0.4 is 11.1 Å². The first-order valence-corrected chi connectivity index (χ1v) is 6.18. The highest BCUT2D eigenvalue weighted by atomic mass is 16.3. The van der Waals surface area contributed by atoms with Gasteiger partial charge in [-0.15, -0.1) is 0 Å². The number of nitrogen functional groups attached to an aromatic ring is 1. The predicted octanol–water partition coefficient (Wildman–Crippen LogP) is 2.31. The molecule has 0 saturated carbocycles. The summed E-state index contributed by atoms with van der Waals surface area (Å²) in [5.74, 6) is 0. The summed E-state index contributed by atoms with van der Waals surface area (Å²) in [6.45, 7) is 4.11. The number of hydrogen-bond acceptors (Lipinski definition) is 4. The molecule has 4 N–H and O–H groups in total. The molecule has 0 saturated heterocycles. The molecule has 4 nitrogen and oxygen atoms in total. The average Bonchev–Trinajstić information content (AvgIpc) is 2.36. The Labute approximate surface area is 107 Å². The van der Waals surface area contributed by atoms with Gasteiger partial charge in [0.1, 0.15) is 0 Å². The highest BCUT2D eigenvalue weighted by Gasteiger charge is 2.09. The van der Waals surface area contributed by atoms with Crippen molar-refractivity contribution in [2.75, 3.05) is 17.7 Å². The normalized spacial score (nSPS) is 12.6. The Morgan fingerprint density at radius 3 is 2.83 bits per heavy atom. The largest absolute Gasteiger partial charge is 0.399 e. The lowest BCUT2D eigenvalue weighted by Gasteiger charge is -2.17. The first-order valence-electron chi connectivity index (χ1n) is 6.18. The van der Waals surface area contributed by atoms with Crippen LogP contribution in [0.1, 0.15) is 19.0 Å². The maximum atomic E-state index is 9.28. The number of aliphatic hydroxyl groups is 1. The molecule has 1 unspecified atom stereocenters. The molecule has 1 aromatic heterocycles. The molecule has 0 spiro atoms. The maximum Gasteiger partial charge on any atom is 0.0727 e. The molecule has 96 valence electrons. The van der Waals surface area contributed by atoms with E-state index in [1.165, 1.54) is 0 Å². The van der Waals surface area contributed by atoms with E-state index >= 15 is 0 Å². The number of anilines is 2. The molecule has 1 heterocycles. The third kappa shape index (κ3) is 2.54. The van der Waals surface area contributed by atoms with Gasteiger partial charge in [-0.3, -0.25) is 4.98 Å². The molecular weight excluding hydrogens is 226 g/mol. The highest BCUT2D eigenvalue weighted by molar-refractivity contribution is 5.93. The summed E-state index contributed by atoms with van der Waals surface area (Å²) in [7, 11) is 0. The van der Waals surface area contributed by atoms with Crippen molar-refractivity contribution in [2.45, 2.75) is 26.3 Å². The second-order valence-corrected chi connectivity index (χ2v) is 4.52. The number of hydrogen-bond donors (Lipinski definition) is 3. The average molecular weight is 245 g/mol. The molecule has 0 bridgehead atoms. The minimum Gasteiger partial charge on any atom is -0.399 e. The van der Waals surface area contributed by atoms with Gasteiger partial charge < -0.3 is 16.2 Å². The van der Waals surface area contributed by atoms with Crippen molar-refractivity contribution in [1.29, 1.82) is 0 Å². The van der Waals surface area contributed by atoms with Gasteiger partial charge in [-0.2, -0.15) is 0 Å². The number of aliphatic hydroxyl groups excluding tert-OH is 1. The number of aromatic nitrogens is 1. The number of pyridine rings is 1. The van der Waals surface area contributed by atoms with Gasteiger partial charge in [0, 0.05) is 28.5 Å². The lowest BCUT2D eigenvalue weighted by Crippen LogP contribution is -2.22. The summed E-state index contributed by atoms with van der Waals surface area (Å²) in [6, 6.07) is 7.72. The number of benzene rings is 1. The smallest absolute Gasteiger partial charge is 0.0727 e. The van der Waals surface area contributed by atoms with E-state index in [0.717, 1.165) is 28.7 Å². The van der Waals surface area contributed by atoms with Gasteiger partial charge in [-0.1, -0.05) is 6.92 Å². The van der Waals surface area contributed by atoms with E-state index in [9.17, 15) is 5.11 Å². The summed E-state index contributed by atoms with van der Waals surface area (Å²) >= 11 is 0. The molecule has 18 heavy (non-hydrogen) atoms. The van der Waals surface area contributed by atoms with Crippen LogP contribution in [0.15, 0.2) is 24.3 Å². The summed E-state index contributed by atoms with van der Waals surface area (Å²) in [5, 5.41) is 13.6. The number of rotatable bonds is 4. The van der Waals surface area contributed by atoms with Crippen LogP contribution in [-0.2, 0) is 0 Å². The maximum absolute atomic E-state index is 9.28. The second-order valence-electron chi connectivity index (χ2n) is 4.52. The SMILES string of the molecule is CCC(CO)Nc1cc(C)nc2ccc(N)cc12. The van der Waals surface area contributed by atoms with E-state index in [2.05, 4.69) is 10.3 Å². The fourth-order valence-electron chi connectivity index (χ4n) is 1.99. The topological polar surface area (TPSA) is 71.2 Å². The van der Waals surface area contributed by atoms with Crippen molar-refractivity contribution in [2.24, 2.45) is 0 Å². The van der Waals surface area contributed by atoms with Gasteiger partial charge >= 0.3 is 0 Å². The van der Waals surface area contributed by atoms with Crippen LogP contribution >= 0.6 is 0 Å². The van der Waals surface area contributed by atoms with Crippen molar-refractivity contribution in [3.8, 4) is 0 Å². The van der Waals surface area contributed by atoms with E-state index in [1.807, 2.05) is 38.1 Å². The first-order chi connectivity index (χ1) is 8.63. The Balaban J connectivity index is 2.50. The number of fused-ring (bicyclic) bond motifs is 1. The van der Waals surface area contributed by atoms with E-state index in [0.29, 0.717) is 5.69 Å². The fourth-order valence-corrected chi connectivity index (χ4v) is 1.99. The zero-order valence-corrected chi connectivity index (χ0v) is 10.8. The van der Waals surface area contributed by atoms with Crippen LogP contribution in [0.3, 0.4) is 0 Å². The second kappa shape index (κ2) is 5.23. The van der Waals surface area contributed by atoms with Crippen molar-refractivity contribution >= 4 is 22.3 Å². The first kappa shape index (κ1) is 12.6. The van der Waals surface area contributed by atoms with Crippen LogP contribution in [0.25, 0.3) is 10.9 Å². The van der Waals surface area contributed by atoms with E-state index in [-0.39, 0.29) is 12.6 Å². The van der Waals surface area contributed by atoms with E-state index < -0.39 is 0 Å². The van der Waals surface area contributed by atoms with Crippen molar-refractivity contribution in [3.63, 3.8) is 0 Å². The zero-order valence-electron chi connectivity index (χ0n) is 10.8.